The standard InChI is InChI=1S/C10H9NOS2/c1-7-2-4-8(5-3-7)9-6-14-10(13)11(9)12/h2-6,12H,1H3. The second-order valence-corrected chi connectivity index (χ2v) is 4.57. The van der Waals surface area contributed by atoms with Crippen LogP contribution in [0.3, 0.4) is 0 Å². The van der Waals surface area contributed by atoms with Crippen LogP contribution in [0.4, 0.5) is 0 Å². The fourth-order valence-electron chi connectivity index (χ4n) is 1.22. The molecule has 0 amide bonds. The number of benzene rings is 1. The number of hydrogen-bond acceptors (Lipinski definition) is 3. The average Bonchev–Trinajstić information content (AvgIpc) is 2.50. The number of thiazole rings is 1. The first-order valence-corrected chi connectivity index (χ1v) is 5.44. The highest BCUT2D eigenvalue weighted by atomic mass is 32.1. The Labute approximate surface area is 91.0 Å². The fraction of sp³-hybridized carbons (Fsp3) is 0.100. The van der Waals surface area contributed by atoms with E-state index in [2.05, 4.69) is 0 Å². The maximum absolute atomic E-state index is 9.58. The molecule has 0 spiro atoms. The lowest BCUT2D eigenvalue weighted by Gasteiger charge is -2.01. The molecule has 1 aromatic carbocycles. The minimum Gasteiger partial charge on any atom is -0.426 e. The van der Waals surface area contributed by atoms with Crippen molar-refractivity contribution in [1.29, 1.82) is 0 Å². The van der Waals surface area contributed by atoms with Crippen molar-refractivity contribution in [2.24, 2.45) is 0 Å². The molecular formula is C10H9NOS2. The molecule has 0 saturated heterocycles. The average molecular weight is 223 g/mol. The van der Waals surface area contributed by atoms with Gasteiger partial charge in [-0.1, -0.05) is 29.8 Å². The molecule has 1 N–H and O–H groups in total. The molecule has 0 aliphatic rings. The lowest BCUT2D eigenvalue weighted by atomic mass is 10.1. The molecule has 0 aliphatic heterocycles. The van der Waals surface area contributed by atoms with Crippen molar-refractivity contribution in [1.82, 2.24) is 4.73 Å². The fourth-order valence-corrected chi connectivity index (χ4v) is 2.11. The monoisotopic (exact) mass is 223 g/mol. The Morgan fingerprint density at radius 1 is 1.29 bits per heavy atom. The normalized spacial score (nSPS) is 10.4. The number of rotatable bonds is 1. The van der Waals surface area contributed by atoms with Crippen molar-refractivity contribution in [3.63, 3.8) is 0 Å². The van der Waals surface area contributed by atoms with Crippen LogP contribution in [0.15, 0.2) is 29.6 Å². The summed E-state index contributed by atoms with van der Waals surface area (Å²) in [5, 5.41) is 11.4. The number of aryl methyl sites for hydroxylation is 1. The molecule has 0 radical (unpaired) electrons. The SMILES string of the molecule is Cc1ccc(-c2csc(=S)n2O)cc1. The first kappa shape index (κ1) is 9.43. The highest BCUT2D eigenvalue weighted by Gasteiger charge is 2.04. The molecule has 72 valence electrons. The van der Waals surface area contributed by atoms with E-state index in [0.29, 0.717) is 3.95 Å². The van der Waals surface area contributed by atoms with Gasteiger partial charge in [0.2, 0.25) is 0 Å². The van der Waals surface area contributed by atoms with E-state index in [4.69, 9.17) is 12.2 Å². The summed E-state index contributed by atoms with van der Waals surface area (Å²) in [6.07, 6.45) is 0. The van der Waals surface area contributed by atoms with E-state index in [1.165, 1.54) is 16.9 Å². The maximum Gasteiger partial charge on any atom is 0.196 e. The lowest BCUT2D eigenvalue weighted by Crippen LogP contribution is -1.92. The molecule has 0 bridgehead atoms. The van der Waals surface area contributed by atoms with Gasteiger partial charge in [0, 0.05) is 10.9 Å². The van der Waals surface area contributed by atoms with Crippen LogP contribution in [0.5, 0.6) is 0 Å². The molecule has 0 unspecified atom stereocenters. The predicted molar refractivity (Wildman–Crippen MR) is 60.5 cm³/mol. The third kappa shape index (κ3) is 1.58. The van der Waals surface area contributed by atoms with Crippen molar-refractivity contribution in [3.8, 4) is 11.3 Å². The molecule has 2 aromatic rings. The van der Waals surface area contributed by atoms with Crippen molar-refractivity contribution in [2.75, 3.05) is 0 Å². The maximum atomic E-state index is 9.58. The van der Waals surface area contributed by atoms with Gasteiger partial charge < -0.3 is 5.21 Å². The lowest BCUT2D eigenvalue weighted by molar-refractivity contribution is 0.190. The first-order chi connectivity index (χ1) is 6.68. The van der Waals surface area contributed by atoms with Crippen LogP contribution in [0, 0.1) is 10.9 Å². The molecular weight excluding hydrogens is 214 g/mol. The van der Waals surface area contributed by atoms with Gasteiger partial charge in [0.05, 0.1) is 5.69 Å². The van der Waals surface area contributed by atoms with Crippen LogP contribution in [-0.4, -0.2) is 9.94 Å². The van der Waals surface area contributed by atoms with Gasteiger partial charge in [-0.2, -0.15) is 4.73 Å². The van der Waals surface area contributed by atoms with Crippen molar-refractivity contribution in [2.45, 2.75) is 6.92 Å². The van der Waals surface area contributed by atoms with Crippen LogP contribution < -0.4 is 0 Å². The summed E-state index contributed by atoms with van der Waals surface area (Å²) in [6.45, 7) is 2.03. The van der Waals surface area contributed by atoms with Gasteiger partial charge in [-0.15, -0.1) is 11.3 Å². The van der Waals surface area contributed by atoms with Crippen molar-refractivity contribution in [3.05, 3.63) is 39.2 Å². The van der Waals surface area contributed by atoms with Gasteiger partial charge in [0.15, 0.2) is 3.95 Å². The highest BCUT2D eigenvalue weighted by molar-refractivity contribution is 7.73. The Hall–Kier alpha value is -1.13. The molecule has 1 heterocycles. The number of aromatic nitrogens is 1. The van der Waals surface area contributed by atoms with Gasteiger partial charge in [-0.3, -0.25) is 0 Å². The topological polar surface area (TPSA) is 25.2 Å². The van der Waals surface area contributed by atoms with Gasteiger partial charge in [-0.05, 0) is 19.1 Å². The molecule has 1 aromatic heterocycles. The second kappa shape index (κ2) is 3.55. The summed E-state index contributed by atoms with van der Waals surface area (Å²) in [5.74, 6) is 0. The zero-order chi connectivity index (χ0) is 10.1. The van der Waals surface area contributed by atoms with E-state index in [1.807, 2.05) is 36.6 Å². The summed E-state index contributed by atoms with van der Waals surface area (Å²) in [4.78, 5) is 0. The Morgan fingerprint density at radius 2 is 1.93 bits per heavy atom. The number of hydrogen-bond donors (Lipinski definition) is 1. The van der Waals surface area contributed by atoms with E-state index in [1.54, 1.807) is 0 Å². The largest absolute Gasteiger partial charge is 0.426 e. The van der Waals surface area contributed by atoms with Crippen molar-refractivity contribution < 1.29 is 5.21 Å². The summed E-state index contributed by atoms with van der Waals surface area (Å²) in [6, 6.07) is 7.96. The third-order valence-corrected chi connectivity index (χ3v) is 3.20. The quantitative estimate of drug-likeness (QED) is 0.591. The van der Waals surface area contributed by atoms with Gasteiger partial charge in [0.1, 0.15) is 0 Å². The van der Waals surface area contributed by atoms with Crippen LogP contribution in [0.1, 0.15) is 5.56 Å². The zero-order valence-electron chi connectivity index (χ0n) is 7.60. The van der Waals surface area contributed by atoms with Crippen LogP contribution >= 0.6 is 23.6 Å². The third-order valence-electron chi connectivity index (χ3n) is 2.02. The predicted octanol–water partition coefficient (Wildman–Crippen LogP) is 3.49. The highest BCUT2D eigenvalue weighted by Crippen LogP contribution is 2.22. The minimum atomic E-state index is 0.473. The molecule has 2 nitrogen and oxygen atoms in total. The second-order valence-electron chi connectivity index (χ2n) is 3.06. The Balaban J connectivity index is 2.55. The Bertz CT molecular complexity index is 496. The summed E-state index contributed by atoms with van der Waals surface area (Å²) < 4.78 is 1.52. The van der Waals surface area contributed by atoms with Crippen LogP contribution in [0.2, 0.25) is 0 Å². The summed E-state index contributed by atoms with van der Waals surface area (Å²) >= 11 is 6.29. The van der Waals surface area contributed by atoms with Crippen LogP contribution in [0.25, 0.3) is 11.3 Å². The smallest absolute Gasteiger partial charge is 0.196 e. The van der Waals surface area contributed by atoms with Gasteiger partial charge in [-0.25, -0.2) is 0 Å². The van der Waals surface area contributed by atoms with E-state index in [0.717, 1.165) is 16.0 Å². The van der Waals surface area contributed by atoms with Crippen molar-refractivity contribution >= 4 is 23.6 Å². The number of nitrogens with zero attached hydrogens (tertiary/aromatic N) is 1. The summed E-state index contributed by atoms with van der Waals surface area (Å²) in [5.41, 5.74) is 2.93. The molecule has 14 heavy (non-hydrogen) atoms. The van der Waals surface area contributed by atoms with E-state index in [-0.39, 0.29) is 0 Å². The Morgan fingerprint density at radius 3 is 2.43 bits per heavy atom. The molecule has 4 heteroatoms. The molecule has 0 fully saturated rings. The van der Waals surface area contributed by atoms with Crippen LogP contribution in [-0.2, 0) is 0 Å². The Kier molecular flexibility index (Phi) is 2.39. The molecule has 0 atom stereocenters. The first-order valence-electron chi connectivity index (χ1n) is 4.15. The zero-order valence-corrected chi connectivity index (χ0v) is 9.23. The van der Waals surface area contributed by atoms with Gasteiger partial charge >= 0.3 is 0 Å². The van der Waals surface area contributed by atoms with E-state index in [9.17, 15) is 5.21 Å². The minimum absolute atomic E-state index is 0.473. The van der Waals surface area contributed by atoms with Gasteiger partial charge in [0.25, 0.3) is 0 Å². The summed E-state index contributed by atoms with van der Waals surface area (Å²) in [7, 11) is 0. The molecule has 2 rings (SSSR count). The molecule has 0 saturated carbocycles. The van der Waals surface area contributed by atoms with E-state index >= 15 is 0 Å². The molecule has 0 aliphatic carbocycles. The van der Waals surface area contributed by atoms with E-state index < -0.39 is 0 Å².